The molecule has 5 aromatic rings. The van der Waals surface area contributed by atoms with Gasteiger partial charge in [0.1, 0.15) is 12.6 Å². The number of H-pyrrole nitrogens is 1. The Morgan fingerprint density at radius 1 is 0.946 bits per heavy atom. The minimum atomic E-state index is -1.13. The topological polar surface area (TPSA) is 91.4 Å². The molecule has 0 saturated heterocycles. The molecule has 1 aliphatic carbocycles. The zero-order chi connectivity index (χ0) is 25.4. The Bertz CT molecular complexity index is 1560. The van der Waals surface area contributed by atoms with E-state index in [1.54, 1.807) is 11.3 Å². The molecule has 0 spiro atoms. The molecular formula is C30H24N2O4S. The second kappa shape index (κ2) is 9.59. The summed E-state index contributed by atoms with van der Waals surface area (Å²) >= 11 is 1.62. The summed E-state index contributed by atoms with van der Waals surface area (Å²) in [4.78, 5) is 28.1. The third kappa shape index (κ3) is 4.27. The summed E-state index contributed by atoms with van der Waals surface area (Å²) in [6.45, 7) is 0.128. The van der Waals surface area contributed by atoms with Gasteiger partial charge in [-0.25, -0.2) is 9.59 Å². The van der Waals surface area contributed by atoms with Crippen molar-refractivity contribution in [1.29, 1.82) is 0 Å². The molecule has 7 heteroatoms. The first-order valence-electron chi connectivity index (χ1n) is 12.1. The van der Waals surface area contributed by atoms with E-state index in [-0.39, 0.29) is 18.9 Å². The van der Waals surface area contributed by atoms with Crippen LogP contribution in [0.1, 0.15) is 22.6 Å². The number of nitrogens with one attached hydrogen (secondary N) is 2. The summed E-state index contributed by atoms with van der Waals surface area (Å²) in [6.07, 6.45) is 1.20. The Balaban J connectivity index is 1.17. The van der Waals surface area contributed by atoms with Gasteiger partial charge in [-0.05, 0) is 50.2 Å². The van der Waals surface area contributed by atoms with E-state index in [1.807, 2.05) is 66.2 Å². The van der Waals surface area contributed by atoms with Crippen molar-refractivity contribution in [3.05, 3.63) is 106 Å². The number of aromatic nitrogens is 1. The smallest absolute Gasteiger partial charge is 0.407 e. The molecule has 0 radical (unpaired) electrons. The number of thiophene rings is 1. The summed E-state index contributed by atoms with van der Waals surface area (Å²) in [6, 6.07) is 23.1. The minimum absolute atomic E-state index is 0.0921. The second-order valence-electron chi connectivity index (χ2n) is 9.12. The highest BCUT2D eigenvalue weighted by atomic mass is 32.1. The lowest BCUT2D eigenvalue weighted by Crippen LogP contribution is -2.42. The normalized spacial score (nSPS) is 13.2. The molecule has 0 aliphatic heterocycles. The molecule has 37 heavy (non-hydrogen) atoms. The van der Waals surface area contributed by atoms with Gasteiger partial charge in [-0.2, -0.15) is 11.3 Å². The van der Waals surface area contributed by atoms with Crippen LogP contribution in [0, 0.1) is 0 Å². The number of aliphatic carboxylic acids is 1. The molecule has 6 rings (SSSR count). The number of fused-ring (bicyclic) bond motifs is 4. The van der Waals surface area contributed by atoms with Crippen molar-refractivity contribution >= 4 is 34.3 Å². The molecule has 0 bridgehead atoms. The van der Waals surface area contributed by atoms with Gasteiger partial charge in [-0.3, -0.25) is 0 Å². The minimum Gasteiger partial charge on any atom is -0.480 e. The van der Waals surface area contributed by atoms with Gasteiger partial charge in [0.2, 0.25) is 0 Å². The number of amides is 1. The quantitative estimate of drug-likeness (QED) is 0.236. The van der Waals surface area contributed by atoms with Crippen LogP contribution in [0.4, 0.5) is 4.79 Å². The van der Waals surface area contributed by atoms with Gasteiger partial charge in [0.15, 0.2) is 0 Å². The Morgan fingerprint density at radius 2 is 1.65 bits per heavy atom. The van der Waals surface area contributed by atoms with Gasteiger partial charge in [0, 0.05) is 29.5 Å². The highest BCUT2D eigenvalue weighted by Gasteiger charge is 2.30. The number of aromatic amines is 1. The maximum Gasteiger partial charge on any atom is 0.407 e. The number of ether oxygens (including phenoxy) is 1. The van der Waals surface area contributed by atoms with E-state index in [9.17, 15) is 14.7 Å². The molecule has 1 aliphatic rings. The van der Waals surface area contributed by atoms with Gasteiger partial charge >= 0.3 is 12.1 Å². The number of hydrogen-bond donors (Lipinski definition) is 3. The van der Waals surface area contributed by atoms with E-state index in [1.165, 1.54) is 0 Å². The maximum absolute atomic E-state index is 12.7. The fourth-order valence-electron chi connectivity index (χ4n) is 5.24. The summed E-state index contributed by atoms with van der Waals surface area (Å²) in [7, 11) is 0. The predicted molar refractivity (Wildman–Crippen MR) is 145 cm³/mol. The van der Waals surface area contributed by atoms with Crippen molar-refractivity contribution in [2.45, 2.75) is 18.4 Å². The molecule has 184 valence electrons. The molecule has 6 nitrogen and oxygen atoms in total. The molecule has 0 saturated carbocycles. The number of para-hydroxylation sites is 1. The van der Waals surface area contributed by atoms with E-state index < -0.39 is 18.1 Å². The first-order chi connectivity index (χ1) is 18.1. The number of benzene rings is 3. The third-order valence-electron chi connectivity index (χ3n) is 6.99. The Hall–Kier alpha value is -4.36. The standard InChI is InChI=1S/C30H24N2O4S/c33-29(34)27(14-19-15-31-28-20(10-5-11-21(19)28)18-12-13-37-17-18)32-30(35)36-16-26-24-8-3-1-6-22(24)23-7-2-4-9-25(23)26/h1-13,15,17,26-27,31H,14,16H2,(H,32,35)(H,33,34)/t27-/m0/s1. The summed E-state index contributed by atoms with van der Waals surface area (Å²) < 4.78 is 5.58. The molecule has 1 atom stereocenters. The lowest BCUT2D eigenvalue weighted by molar-refractivity contribution is -0.139. The number of hydrogen-bond acceptors (Lipinski definition) is 4. The Labute approximate surface area is 217 Å². The summed E-state index contributed by atoms with van der Waals surface area (Å²) in [5.74, 6) is -1.21. The monoisotopic (exact) mass is 508 g/mol. The average Bonchev–Trinajstić information content (AvgIpc) is 3.65. The largest absolute Gasteiger partial charge is 0.480 e. The second-order valence-corrected chi connectivity index (χ2v) is 9.90. The van der Waals surface area contributed by atoms with Crippen LogP contribution in [0.3, 0.4) is 0 Å². The molecule has 2 aromatic heterocycles. The van der Waals surface area contributed by atoms with Crippen LogP contribution in [0.5, 0.6) is 0 Å². The van der Waals surface area contributed by atoms with Crippen molar-refractivity contribution < 1.29 is 19.4 Å². The fraction of sp³-hybridized carbons (Fsp3) is 0.133. The fourth-order valence-corrected chi connectivity index (χ4v) is 5.90. The van der Waals surface area contributed by atoms with Crippen molar-refractivity contribution in [2.24, 2.45) is 0 Å². The first-order valence-corrected chi connectivity index (χ1v) is 13.0. The molecule has 0 fully saturated rings. The van der Waals surface area contributed by atoms with Crippen LogP contribution in [0.25, 0.3) is 33.2 Å². The number of carbonyl (C=O) groups excluding carboxylic acids is 1. The number of rotatable bonds is 7. The van der Waals surface area contributed by atoms with Gasteiger partial charge in [-0.15, -0.1) is 0 Å². The average molecular weight is 509 g/mol. The highest BCUT2D eigenvalue weighted by Crippen LogP contribution is 2.44. The number of alkyl carbamates (subject to hydrolysis) is 1. The van der Waals surface area contributed by atoms with Crippen molar-refractivity contribution in [2.75, 3.05) is 6.61 Å². The molecule has 2 heterocycles. The van der Waals surface area contributed by atoms with Crippen molar-refractivity contribution in [3.63, 3.8) is 0 Å². The van der Waals surface area contributed by atoms with E-state index in [0.717, 1.165) is 49.8 Å². The van der Waals surface area contributed by atoms with Gasteiger partial charge in [0.25, 0.3) is 0 Å². The van der Waals surface area contributed by atoms with Crippen LogP contribution in [-0.4, -0.2) is 34.8 Å². The van der Waals surface area contributed by atoms with E-state index in [2.05, 4.69) is 33.9 Å². The van der Waals surface area contributed by atoms with Crippen molar-refractivity contribution in [1.82, 2.24) is 10.3 Å². The lowest BCUT2D eigenvalue weighted by Gasteiger charge is -2.17. The number of carbonyl (C=O) groups is 2. The number of carboxylic acid groups (broad SMARTS) is 1. The molecule has 3 aromatic carbocycles. The van der Waals surface area contributed by atoms with E-state index in [0.29, 0.717) is 0 Å². The summed E-state index contributed by atoms with van der Waals surface area (Å²) in [5, 5.41) is 17.5. The van der Waals surface area contributed by atoms with Crippen LogP contribution in [-0.2, 0) is 16.0 Å². The molecule has 1 amide bonds. The molecule has 3 N–H and O–H groups in total. The lowest BCUT2D eigenvalue weighted by atomic mass is 9.98. The Kier molecular flexibility index (Phi) is 5.98. The first kappa shape index (κ1) is 23.1. The van der Waals surface area contributed by atoms with Crippen LogP contribution in [0.2, 0.25) is 0 Å². The predicted octanol–water partition coefficient (Wildman–Crippen LogP) is 6.43. The zero-order valence-corrected chi connectivity index (χ0v) is 20.6. The van der Waals surface area contributed by atoms with Crippen LogP contribution in [0.15, 0.2) is 89.8 Å². The number of carboxylic acids is 1. The Morgan fingerprint density at radius 3 is 2.32 bits per heavy atom. The third-order valence-corrected chi connectivity index (χ3v) is 7.67. The van der Waals surface area contributed by atoms with Gasteiger partial charge < -0.3 is 20.1 Å². The van der Waals surface area contributed by atoms with E-state index in [4.69, 9.17) is 4.74 Å². The van der Waals surface area contributed by atoms with Crippen LogP contribution < -0.4 is 5.32 Å². The van der Waals surface area contributed by atoms with Crippen LogP contribution >= 0.6 is 11.3 Å². The maximum atomic E-state index is 12.7. The van der Waals surface area contributed by atoms with Gasteiger partial charge in [-0.1, -0.05) is 66.7 Å². The SMILES string of the molecule is O=C(N[C@@H](Cc1c[nH]c2c(-c3ccsc3)cccc12)C(=O)O)OCC1c2ccccc2-c2ccccc21. The summed E-state index contributed by atoms with van der Waals surface area (Å²) in [5.41, 5.74) is 8.41. The molecule has 0 unspecified atom stereocenters. The van der Waals surface area contributed by atoms with Crippen molar-refractivity contribution in [3.8, 4) is 22.3 Å². The van der Waals surface area contributed by atoms with E-state index >= 15 is 0 Å². The molecular weight excluding hydrogens is 484 g/mol. The highest BCUT2D eigenvalue weighted by molar-refractivity contribution is 7.08. The zero-order valence-electron chi connectivity index (χ0n) is 19.8. The van der Waals surface area contributed by atoms with Gasteiger partial charge in [0.05, 0.1) is 5.52 Å².